The number of rotatable bonds is 2. The first kappa shape index (κ1) is 8.01. The summed E-state index contributed by atoms with van der Waals surface area (Å²) >= 11 is 5.34. The van der Waals surface area contributed by atoms with Crippen LogP contribution in [0, 0.1) is 0 Å². The fraction of sp³-hybridized carbons (Fsp3) is 0.125. The van der Waals surface area contributed by atoms with E-state index < -0.39 is 0 Å². The summed E-state index contributed by atoms with van der Waals surface area (Å²) in [5.74, 6) is 0. The fourth-order valence-corrected chi connectivity index (χ4v) is 2.45. The van der Waals surface area contributed by atoms with E-state index in [9.17, 15) is 0 Å². The summed E-state index contributed by atoms with van der Waals surface area (Å²) in [6, 6.07) is 4.16. The maximum Gasteiger partial charge on any atom is 0.0768 e. The molecule has 2 aromatic rings. The highest BCUT2D eigenvalue weighted by molar-refractivity contribution is 9.09. The standard InChI is InChI=1S/C8H7BrN2S/c9-8(6-4-10-11-5-6)7-2-1-3-12-7/h1-5,8H,(H,10,11). The first-order valence-corrected chi connectivity index (χ1v) is 5.33. The van der Waals surface area contributed by atoms with Gasteiger partial charge in [0, 0.05) is 16.6 Å². The van der Waals surface area contributed by atoms with Gasteiger partial charge in [0.25, 0.3) is 0 Å². The zero-order valence-electron chi connectivity index (χ0n) is 6.20. The normalized spacial score (nSPS) is 13.1. The molecular weight excluding hydrogens is 236 g/mol. The third kappa shape index (κ3) is 1.44. The molecular formula is C8H7BrN2S. The van der Waals surface area contributed by atoms with Crippen LogP contribution in [0.1, 0.15) is 15.3 Å². The van der Waals surface area contributed by atoms with E-state index in [0.29, 0.717) is 0 Å². The van der Waals surface area contributed by atoms with Gasteiger partial charge in [0.1, 0.15) is 0 Å². The van der Waals surface area contributed by atoms with E-state index in [1.165, 1.54) is 4.88 Å². The van der Waals surface area contributed by atoms with Crippen LogP contribution in [0.15, 0.2) is 29.9 Å². The van der Waals surface area contributed by atoms with Gasteiger partial charge in [-0.1, -0.05) is 22.0 Å². The van der Waals surface area contributed by atoms with Crippen molar-refractivity contribution in [3.8, 4) is 0 Å². The molecule has 0 aliphatic rings. The van der Waals surface area contributed by atoms with Crippen LogP contribution in [0.3, 0.4) is 0 Å². The average Bonchev–Trinajstić information content (AvgIpc) is 2.77. The molecule has 1 unspecified atom stereocenters. The summed E-state index contributed by atoms with van der Waals surface area (Å²) in [6.45, 7) is 0. The zero-order valence-corrected chi connectivity index (χ0v) is 8.60. The Morgan fingerprint density at radius 3 is 3.08 bits per heavy atom. The topological polar surface area (TPSA) is 28.7 Å². The molecule has 1 N–H and O–H groups in total. The first-order chi connectivity index (χ1) is 5.88. The lowest BCUT2D eigenvalue weighted by Gasteiger charge is -2.02. The Kier molecular flexibility index (Phi) is 2.28. The van der Waals surface area contributed by atoms with Crippen molar-refractivity contribution in [2.75, 3.05) is 0 Å². The van der Waals surface area contributed by atoms with Gasteiger partial charge in [-0.15, -0.1) is 11.3 Å². The average molecular weight is 243 g/mol. The molecule has 62 valence electrons. The van der Waals surface area contributed by atoms with E-state index in [1.54, 1.807) is 11.3 Å². The van der Waals surface area contributed by atoms with Crippen LogP contribution < -0.4 is 0 Å². The lowest BCUT2D eigenvalue weighted by Crippen LogP contribution is -1.85. The summed E-state index contributed by atoms with van der Waals surface area (Å²) in [7, 11) is 0. The van der Waals surface area contributed by atoms with Crippen LogP contribution >= 0.6 is 27.3 Å². The SMILES string of the molecule is BrC(c1cn[nH]c1)c1cccs1. The number of hydrogen-bond donors (Lipinski definition) is 1. The molecule has 0 radical (unpaired) electrons. The molecule has 0 saturated heterocycles. The van der Waals surface area contributed by atoms with Crippen LogP contribution in [0.2, 0.25) is 0 Å². The highest BCUT2D eigenvalue weighted by Crippen LogP contribution is 2.32. The molecule has 0 spiro atoms. The Bertz CT molecular complexity index is 294. The van der Waals surface area contributed by atoms with Gasteiger partial charge < -0.3 is 0 Å². The number of aromatic nitrogens is 2. The molecule has 1 atom stereocenters. The summed E-state index contributed by atoms with van der Waals surface area (Å²) < 4.78 is 0. The number of thiophene rings is 1. The Labute approximate surface area is 82.8 Å². The van der Waals surface area contributed by atoms with Gasteiger partial charge >= 0.3 is 0 Å². The number of nitrogens with one attached hydrogen (secondary N) is 1. The predicted octanol–water partition coefficient (Wildman–Crippen LogP) is 2.96. The minimum atomic E-state index is 0.274. The van der Waals surface area contributed by atoms with Crippen molar-refractivity contribution in [2.24, 2.45) is 0 Å². The molecule has 0 fully saturated rings. The minimum Gasteiger partial charge on any atom is -0.285 e. The van der Waals surface area contributed by atoms with Gasteiger partial charge in [-0.3, -0.25) is 5.10 Å². The largest absolute Gasteiger partial charge is 0.285 e. The summed E-state index contributed by atoms with van der Waals surface area (Å²) in [6.07, 6.45) is 3.73. The third-order valence-electron chi connectivity index (χ3n) is 1.61. The Hall–Kier alpha value is -0.610. The van der Waals surface area contributed by atoms with E-state index in [2.05, 4.69) is 37.6 Å². The second-order valence-electron chi connectivity index (χ2n) is 2.41. The Balaban J connectivity index is 2.27. The molecule has 0 amide bonds. The maximum atomic E-state index is 3.90. The van der Waals surface area contributed by atoms with Crippen LogP contribution in [-0.4, -0.2) is 10.2 Å². The van der Waals surface area contributed by atoms with Crippen molar-refractivity contribution >= 4 is 27.3 Å². The quantitative estimate of drug-likeness (QED) is 0.807. The number of hydrogen-bond acceptors (Lipinski definition) is 2. The van der Waals surface area contributed by atoms with Gasteiger partial charge in [0.05, 0.1) is 11.0 Å². The number of alkyl halides is 1. The second-order valence-corrected chi connectivity index (χ2v) is 4.30. The van der Waals surface area contributed by atoms with E-state index in [1.807, 2.05) is 18.5 Å². The third-order valence-corrected chi connectivity index (χ3v) is 3.87. The van der Waals surface area contributed by atoms with Crippen molar-refractivity contribution < 1.29 is 0 Å². The number of halogens is 1. The van der Waals surface area contributed by atoms with Crippen LogP contribution in [0.4, 0.5) is 0 Å². The molecule has 0 aliphatic heterocycles. The summed E-state index contributed by atoms with van der Waals surface area (Å²) in [5, 5.41) is 8.77. The predicted molar refractivity (Wildman–Crippen MR) is 53.7 cm³/mol. The van der Waals surface area contributed by atoms with Crippen LogP contribution in [0.25, 0.3) is 0 Å². The van der Waals surface area contributed by atoms with Crippen molar-refractivity contribution in [2.45, 2.75) is 4.83 Å². The first-order valence-electron chi connectivity index (χ1n) is 3.54. The highest BCUT2D eigenvalue weighted by Gasteiger charge is 2.11. The van der Waals surface area contributed by atoms with Crippen molar-refractivity contribution in [1.82, 2.24) is 10.2 Å². The van der Waals surface area contributed by atoms with Gasteiger partial charge in [-0.25, -0.2) is 0 Å². The Morgan fingerprint density at radius 1 is 1.58 bits per heavy atom. The van der Waals surface area contributed by atoms with Crippen molar-refractivity contribution in [1.29, 1.82) is 0 Å². The monoisotopic (exact) mass is 242 g/mol. The van der Waals surface area contributed by atoms with Crippen LogP contribution in [-0.2, 0) is 0 Å². The van der Waals surface area contributed by atoms with E-state index in [0.717, 1.165) is 5.56 Å². The van der Waals surface area contributed by atoms with Crippen molar-refractivity contribution in [3.63, 3.8) is 0 Å². The summed E-state index contributed by atoms with van der Waals surface area (Å²) in [5.41, 5.74) is 1.16. The van der Waals surface area contributed by atoms with Gasteiger partial charge in [0.15, 0.2) is 0 Å². The van der Waals surface area contributed by atoms with Crippen LogP contribution in [0.5, 0.6) is 0 Å². The molecule has 2 rings (SSSR count). The molecule has 0 aromatic carbocycles. The number of nitrogens with zero attached hydrogens (tertiary/aromatic N) is 1. The second kappa shape index (κ2) is 3.41. The summed E-state index contributed by atoms with van der Waals surface area (Å²) in [4.78, 5) is 1.58. The fourth-order valence-electron chi connectivity index (χ4n) is 0.999. The van der Waals surface area contributed by atoms with Crippen molar-refractivity contribution in [3.05, 3.63) is 40.3 Å². The maximum absolute atomic E-state index is 3.90. The van der Waals surface area contributed by atoms with Gasteiger partial charge in [0.2, 0.25) is 0 Å². The Morgan fingerprint density at radius 2 is 2.50 bits per heavy atom. The van der Waals surface area contributed by atoms with Gasteiger partial charge in [-0.2, -0.15) is 5.10 Å². The lowest BCUT2D eigenvalue weighted by molar-refractivity contribution is 1.09. The molecule has 2 nitrogen and oxygen atoms in total. The molecule has 2 aromatic heterocycles. The smallest absolute Gasteiger partial charge is 0.0768 e. The zero-order chi connectivity index (χ0) is 8.39. The molecule has 2 heterocycles. The number of aromatic amines is 1. The number of H-pyrrole nitrogens is 1. The molecule has 12 heavy (non-hydrogen) atoms. The lowest BCUT2D eigenvalue weighted by atomic mass is 10.2. The molecule has 0 bridgehead atoms. The van der Waals surface area contributed by atoms with E-state index >= 15 is 0 Å². The minimum absolute atomic E-state index is 0.274. The highest BCUT2D eigenvalue weighted by atomic mass is 79.9. The van der Waals surface area contributed by atoms with Gasteiger partial charge in [-0.05, 0) is 11.4 Å². The molecule has 4 heteroatoms. The van der Waals surface area contributed by atoms with E-state index in [-0.39, 0.29) is 4.83 Å². The molecule has 0 saturated carbocycles. The van der Waals surface area contributed by atoms with E-state index in [4.69, 9.17) is 0 Å². The molecule has 0 aliphatic carbocycles.